The Morgan fingerprint density at radius 2 is 2.00 bits per heavy atom. The molecule has 22 heavy (non-hydrogen) atoms. The molecular weight excluding hydrogens is 270 g/mol. The van der Waals surface area contributed by atoms with Gasteiger partial charge in [-0.25, -0.2) is 0 Å². The van der Waals surface area contributed by atoms with Crippen LogP contribution >= 0.6 is 0 Å². The maximum Gasteiger partial charge on any atom is 0.156 e. The van der Waals surface area contributed by atoms with Crippen molar-refractivity contribution >= 4 is 5.78 Å². The number of fused-ring (bicyclic) bond motifs is 5. The highest BCUT2D eigenvalue weighted by Gasteiger charge is 2.58. The molecule has 0 aromatic heterocycles. The van der Waals surface area contributed by atoms with Gasteiger partial charge in [-0.15, -0.1) is 0 Å². The van der Waals surface area contributed by atoms with E-state index in [4.69, 9.17) is 0 Å². The van der Waals surface area contributed by atoms with Crippen LogP contribution < -0.4 is 0 Å². The van der Waals surface area contributed by atoms with Crippen LogP contribution in [0.25, 0.3) is 0 Å². The van der Waals surface area contributed by atoms with Gasteiger partial charge in [0, 0.05) is 6.42 Å². The lowest BCUT2D eigenvalue weighted by Crippen LogP contribution is -2.48. The van der Waals surface area contributed by atoms with Gasteiger partial charge in [0.1, 0.15) is 0 Å². The highest BCUT2D eigenvalue weighted by atomic mass is 16.1. The van der Waals surface area contributed by atoms with E-state index in [-0.39, 0.29) is 16.7 Å². The quantitative estimate of drug-likeness (QED) is 0.663. The third-order valence-corrected chi connectivity index (χ3v) is 7.67. The molecule has 0 aromatic rings. The molecule has 0 heterocycles. The smallest absolute Gasteiger partial charge is 0.156 e. The molecule has 0 aromatic carbocycles. The summed E-state index contributed by atoms with van der Waals surface area (Å²) in [5.74, 6) is 2.45. The van der Waals surface area contributed by atoms with Gasteiger partial charge in [-0.2, -0.15) is 5.26 Å². The summed E-state index contributed by atoms with van der Waals surface area (Å²) in [6, 6.07) is 2.59. The van der Waals surface area contributed by atoms with Gasteiger partial charge < -0.3 is 0 Å². The van der Waals surface area contributed by atoms with E-state index in [1.54, 1.807) is 0 Å². The van der Waals surface area contributed by atoms with Crippen molar-refractivity contribution in [3.05, 3.63) is 23.8 Å². The number of allylic oxidation sites excluding steroid dienone is 4. The van der Waals surface area contributed by atoms with E-state index in [2.05, 4.69) is 32.1 Å². The van der Waals surface area contributed by atoms with Crippen LogP contribution in [0.5, 0.6) is 0 Å². The van der Waals surface area contributed by atoms with E-state index in [0.29, 0.717) is 30.0 Å². The van der Waals surface area contributed by atoms with Crippen LogP contribution in [0.15, 0.2) is 23.8 Å². The van der Waals surface area contributed by atoms with E-state index < -0.39 is 0 Å². The molecule has 6 atom stereocenters. The molecule has 2 saturated carbocycles. The maximum atomic E-state index is 11.8. The monoisotopic (exact) mass is 295 g/mol. The maximum absolute atomic E-state index is 11.8. The summed E-state index contributed by atoms with van der Waals surface area (Å²) in [5, 5.41) is 9.52. The standard InChI is InChI=1S/C20H25NO/c1-19-9-7-15(22)11-13(19)3-5-16-17-6-4-14(12-21)20(17,2)10-8-18(16)19/h3,5,11,14,16-18H,4,6-10H2,1-2H3/t14?,16-,17-,18-,19-,20+/m0/s1. The Morgan fingerprint density at radius 3 is 2.77 bits per heavy atom. The van der Waals surface area contributed by atoms with Crippen LogP contribution in [0, 0.1) is 45.8 Å². The van der Waals surface area contributed by atoms with Gasteiger partial charge >= 0.3 is 0 Å². The first-order valence-corrected chi connectivity index (χ1v) is 8.82. The Labute approximate surface area is 133 Å². The average molecular weight is 295 g/mol. The van der Waals surface area contributed by atoms with E-state index in [0.717, 1.165) is 12.8 Å². The molecule has 2 heteroatoms. The van der Waals surface area contributed by atoms with Crippen molar-refractivity contribution in [1.82, 2.24) is 0 Å². The zero-order valence-corrected chi connectivity index (χ0v) is 13.6. The molecule has 0 spiro atoms. The Bertz CT molecular complexity index is 624. The van der Waals surface area contributed by atoms with E-state index in [1.165, 1.54) is 24.8 Å². The van der Waals surface area contributed by atoms with E-state index in [1.807, 2.05) is 6.08 Å². The van der Waals surface area contributed by atoms with Crippen LogP contribution in [0.4, 0.5) is 0 Å². The molecule has 0 saturated heterocycles. The molecule has 4 aliphatic carbocycles. The van der Waals surface area contributed by atoms with Gasteiger partial charge in [0.15, 0.2) is 5.78 Å². The number of nitrogens with zero attached hydrogens (tertiary/aromatic N) is 1. The lowest BCUT2D eigenvalue weighted by Gasteiger charge is -2.55. The van der Waals surface area contributed by atoms with Crippen molar-refractivity contribution in [2.45, 2.75) is 52.4 Å². The van der Waals surface area contributed by atoms with E-state index in [9.17, 15) is 10.1 Å². The third-order valence-electron chi connectivity index (χ3n) is 7.67. The average Bonchev–Trinajstić information content (AvgIpc) is 2.84. The molecule has 0 N–H and O–H groups in total. The fourth-order valence-corrected chi connectivity index (χ4v) is 6.21. The molecule has 0 amide bonds. The predicted octanol–water partition coefficient (Wildman–Crippen LogP) is 4.43. The lowest BCUT2D eigenvalue weighted by molar-refractivity contribution is -0.116. The van der Waals surface area contributed by atoms with Gasteiger partial charge in [-0.1, -0.05) is 26.0 Å². The Balaban J connectivity index is 1.74. The highest BCUT2D eigenvalue weighted by molar-refractivity contribution is 5.92. The van der Waals surface area contributed by atoms with Gasteiger partial charge in [-0.05, 0) is 72.3 Å². The van der Waals surface area contributed by atoms with Gasteiger partial charge in [-0.3, -0.25) is 4.79 Å². The zero-order valence-electron chi connectivity index (χ0n) is 13.6. The van der Waals surface area contributed by atoms with Crippen LogP contribution in [0.1, 0.15) is 52.4 Å². The van der Waals surface area contributed by atoms with Crippen LogP contribution in [0.3, 0.4) is 0 Å². The minimum absolute atomic E-state index is 0.180. The summed E-state index contributed by atoms with van der Waals surface area (Å²) in [4.78, 5) is 11.8. The van der Waals surface area contributed by atoms with Crippen molar-refractivity contribution in [3.8, 4) is 6.07 Å². The SMILES string of the molecule is C[C@]12CCC(=O)C=C1C=C[C@@H]1[C@@H]2CC[C@]2(C)C(C#N)CC[C@@H]12. The van der Waals surface area contributed by atoms with Gasteiger partial charge in [0.05, 0.1) is 12.0 Å². The van der Waals surface area contributed by atoms with Crippen molar-refractivity contribution < 1.29 is 4.79 Å². The summed E-state index contributed by atoms with van der Waals surface area (Å²) in [6.45, 7) is 4.74. The van der Waals surface area contributed by atoms with Crippen molar-refractivity contribution in [3.63, 3.8) is 0 Å². The molecule has 116 valence electrons. The highest BCUT2D eigenvalue weighted by Crippen LogP contribution is 2.64. The number of carbonyl (C=O) groups excluding carboxylic acids is 1. The molecule has 2 fully saturated rings. The largest absolute Gasteiger partial charge is 0.295 e. The minimum atomic E-state index is 0.180. The third kappa shape index (κ3) is 1.69. The minimum Gasteiger partial charge on any atom is -0.295 e. The lowest BCUT2D eigenvalue weighted by atomic mass is 9.49. The molecule has 4 rings (SSSR count). The molecular formula is C20H25NO. The van der Waals surface area contributed by atoms with E-state index >= 15 is 0 Å². The first-order chi connectivity index (χ1) is 10.5. The molecule has 0 bridgehead atoms. The van der Waals surface area contributed by atoms with Crippen LogP contribution in [-0.2, 0) is 4.79 Å². The van der Waals surface area contributed by atoms with Gasteiger partial charge in [0.2, 0.25) is 0 Å². The number of ketones is 1. The van der Waals surface area contributed by atoms with Crippen molar-refractivity contribution in [2.24, 2.45) is 34.5 Å². The number of hydrogen-bond donors (Lipinski definition) is 0. The summed E-state index contributed by atoms with van der Waals surface area (Å²) in [5.41, 5.74) is 1.66. The predicted molar refractivity (Wildman–Crippen MR) is 85.7 cm³/mol. The number of rotatable bonds is 0. The number of nitriles is 1. The topological polar surface area (TPSA) is 40.9 Å². The van der Waals surface area contributed by atoms with Crippen molar-refractivity contribution in [2.75, 3.05) is 0 Å². The number of hydrogen-bond acceptors (Lipinski definition) is 2. The Kier molecular flexibility index (Phi) is 2.96. The van der Waals surface area contributed by atoms with Gasteiger partial charge in [0.25, 0.3) is 0 Å². The summed E-state index contributed by atoms with van der Waals surface area (Å²) < 4.78 is 0. The summed E-state index contributed by atoms with van der Waals surface area (Å²) in [6.07, 6.45) is 12.9. The van der Waals surface area contributed by atoms with Crippen LogP contribution in [0.2, 0.25) is 0 Å². The second-order valence-electron chi connectivity index (χ2n) is 8.44. The Morgan fingerprint density at radius 1 is 1.18 bits per heavy atom. The first-order valence-electron chi connectivity index (χ1n) is 8.82. The normalized spacial score (nSPS) is 49.7. The fraction of sp³-hybridized carbons (Fsp3) is 0.700. The molecule has 0 aliphatic heterocycles. The molecule has 0 radical (unpaired) electrons. The Hall–Kier alpha value is -1.36. The molecule has 2 nitrogen and oxygen atoms in total. The second-order valence-corrected chi connectivity index (χ2v) is 8.44. The molecule has 4 aliphatic rings. The van der Waals surface area contributed by atoms with Crippen LogP contribution in [-0.4, -0.2) is 5.78 Å². The first kappa shape index (κ1) is 14.2. The summed E-state index contributed by atoms with van der Waals surface area (Å²) >= 11 is 0. The number of carbonyl (C=O) groups is 1. The van der Waals surface area contributed by atoms with Crippen molar-refractivity contribution in [1.29, 1.82) is 5.26 Å². The fourth-order valence-electron chi connectivity index (χ4n) is 6.21. The zero-order chi connectivity index (χ0) is 15.5. The summed E-state index contributed by atoms with van der Waals surface area (Å²) in [7, 11) is 0. The molecule has 1 unspecified atom stereocenters. The second kappa shape index (κ2) is 4.57.